The van der Waals surface area contributed by atoms with Crippen molar-refractivity contribution < 1.29 is 19.0 Å². The van der Waals surface area contributed by atoms with Crippen molar-refractivity contribution in [3.63, 3.8) is 0 Å². The number of hydrogen-bond donors (Lipinski definition) is 0. The van der Waals surface area contributed by atoms with Crippen molar-refractivity contribution in [2.45, 2.75) is 38.6 Å². The number of benzene rings is 1. The minimum Gasteiger partial charge on any atom is -0.493 e. The third-order valence-electron chi connectivity index (χ3n) is 4.47. The first kappa shape index (κ1) is 17.4. The zero-order chi connectivity index (χ0) is 16.8. The van der Waals surface area contributed by atoms with Crippen LogP contribution in [0.3, 0.4) is 0 Å². The fourth-order valence-corrected chi connectivity index (χ4v) is 3.24. The van der Waals surface area contributed by atoms with Crippen LogP contribution >= 0.6 is 0 Å². The fraction of sp³-hybridized carbons (Fsp3) is 0.611. The minimum atomic E-state index is 0.177. The van der Waals surface area contributed by atoms with Gasteiger partial charge in [-0.15, -0.1) is 0 Å². The lowest BCUT2D eigenvalue weighted by atomic mass is 9.88. The lowest BCUT2D eigenvalue weighted by Gasteiger charge is -2.26. The topological polar surface area (TPSA) is 48.0 Å². The number of carbonyl (C=O) groups is 1. The molecule has 1 saturated carbocycles. The van der Waals surface area contributed by atoms with E-state index >= 15 is 0 Å². The summed E-state index contributed by atoms with van der Waals surface area (Å²) in [6.07, 6.45) is 5.60. The molecular formula is C18H27NO4. The summed E-state index contributed by atoms with van der Waals surface area (Å²) < 4.78 is 16.1. The molecule has 0 saturated heterocycles. The fourth-order valence-electron chi connectivity index (χ4n) is 3.24. The molecular weight excluding hydrogens is 294 g/mol. The van der Waals surface area contributed by atoms with E-state index in [1.807, 2.05) is 19.2 Å². The first-order chi connectivity index (χ1) is 11.1. The highest BCUT2D eigenvalue weighted by Crippen LogP contribution is 2.38. The first-order valence-corrected chi connectivity index (χ1v) is 8.14. The van der Waals surface area contributed by atoms with Gasteiger partial charge in [-0.25, -0.2) is 0 Å². The van der Waals surface area contributed by atoms with Crippen LogP contribution in [0.1, 0.15) is 37.7 Å². The van der Waals surface area contributed by atoms with Gasteiger partial charge in [-0.2, -0.15) is 0 Å². The Bertz CT molecular complexity index is 513. The van der Waals surface area contributed by atoms with Crippen LogP contribution in [0.2, 0.25) is 0 Å². The molecule has 0 N–H and O–H groups in total. The van der Waals surface area contributed by atoms with Gasteiger partial charge in [-0.05, 0) is 30.5 Å². The zero-order valence-corrected chi connectivity index (χ0v) is 14.6. The van der Waals surface area contributed by atoms with Gasteiger partial charge >= 0.3 is 0 Å². The molecule has 0 bridgehead atoms. The lowest BCUT2D eigenvalue weighted by molar-refractivity contribution is -0.135. The van der Waals surface area contributed by atoms with Gasteiger partial charge in [0.05, 0.1) is 21.3 Å². The van der Waals surface area contributed by atoms with Gasteiger partial charge in [0.25, 0.3) is 0 Å². The zero-order valence-electron chi connectivity index (χ0n) is 14.6. The Balaban J connectivity index is 2.13. The Morgan fingerprint density at radius 1 is 1.04 bits per heavy atom. The molecule has 0 aliphatic heterocycles. The summed E-state index contributed by atoms with van der Waals surface area (Å²) in [6.45, 7) is 0.534. The molecule has 5 nitrogen and oxygen atoms in total. The molecule has 1 aliphatic carbocycles. The standard InChI is InChI=1S/C18H27NO4/c1-19(18(20)14-8-6-5-7-9-14)12-13-10-15(21-2)17(23-4)16(11-13)22-3/h10-11,14H,5-9,12H2,1-4H3. The number of nitrogens with zero attached hydrogens (tertiary/aromatic N) is 1. The molecule has 0 unspecified atom stereocenters. The van der Waals surface area contributed by atoms with Crippen molar-refractivity contribution in [2.24, 2.45) is 5.92 Å². The molecule has 1 aromatic rings. The maximum atomic E-state index is 12.6. The maximum absolute atomic E-state index is 12.6. The van der Waals surface area contributed by atoms with Crippen molar-refractivity contribution in [1.82, 2.24) is 4.90 Å². The van der Waals surface area contributed by atoms with Gasteiger partial charge in [0.15, 0.2) is 11.5 Å². The predicted octanol–water partition coefficient (Wildman–Crippen LogP) is 3.25. The molecule has 0 heterocycles. The first-order valence-electron chi connectivity index (χ1n) is 8.14. The summed E-state index contributed by atoms with van der Waals surface area (Å²) in [5.74, 6) is 2.20. The van der Waals surface area contributed by atoms with Crippen molar-refractivity contribution in [1.29, 1.82) is 0 Å². The van der Waals surface area contributed by atoms with Gasteiger partial charge < -0.3 is 19.1 Å². The van der Waals surface area contributed by atoms with Gasteiger partial charge in [-0.3, -0.25) is 4.79 Å². The summed E-state index contributed by atoms with van der Waals surface area (Å²) >= 11 is 0. The average Bonchev–Trinajstić information content (AvgIpc) is 2.60. The SMILES string of the molecule is COc1cc(CN(C)C(=O)C2CCCCC2)cc(OC)c1OC. The summed E-state index contributed by atoms with van der Waals surface area (Å²) in [6, 6.07) is 3.79. The number of hydrogen-bond acceptors (Lipinski definition) is 4. The van der Waals surface area contributed by atoms with Crippen LogP contribution in [0.4, 0.5) is 0 Å². The van der Waals surface area contributed by atoms with Gasteiger partial charge in [-0.1, -0.05) is 19.3 Å². The van der Waals surface area contributed by atoms with Crippen molar-refractivity contribution in [3.05, 3.63) is 17.7 Å². The highest BCUT2D eigenvalue weighted by molar-refractivity contribution is 5.78. The van der Waals surface area contributed by atoms with E-state index in [4.69, 9.17) is 14.2 Å². The molecule has 5 heteroatoms. The highest BCUT2D eigenvalue weighted by Gasteiger charge is 2.24. The Hall–Kier alpha value is -1.91. The molecule has 0 radical (unpaired) electrons. The lowest BCUT2D eigenvalue weighted by Crippen LogP contribution is -2.33. The Morgan fingerprint density at radius 2 is 1.61 bits per heavy atom. The van der Waals surface area contributed by atoms with Crippen LogP contribution in [0.5, 0.6) is 17.2 Å². The van der Waals surface area contributed by atoms with E-state index in [0.717, 1.165) is 31.2 Å². The molecule has 1 amide bonds. The van der Waals surface area contributed by atoms with E-state index in [0.29, 0.717) is 23.8 Å². The molecule has 1 aromatic carbocycles. The summed E-state index contributed by atoms with van der Waals surface area (Å²) in [5.41, 5.74) is 0.964. The second-order valence-electron chi connectivity index (χ2n) is 6.06. The molecule has 2 rings (SSSR count). The van der Waals surface area contributed by atoms with E-state index in [1.54, 1.807) is 26.2 Å². The minimum absolute atomic E-state index is 0.177. The van der Waals surface area contributed by atoms with E-state index in [9.17, 15) is 4.79 Å². The third kappa shape index (κ3) is 4.09. The Kier molecular flexibility index (Phi) is 6.13. The average molecular weight is 321 g/mol. The monoisotopic (exact) mass is 321 g/mol. The number of ether oxygens (including phenoxy) is 3. The largest absolute Gasteiger partial charge is 0.493 e. The summed E-state index contributed by atoms with van der Waals surface area (Å²) in [4.78, 5) is 14.4. The number of rotatable bonds is 6. The summed E-state index contributed by atoms with van der Waals surface area (Å²) in [7, 11) is 6.63. The predicted molar refractivity (Wildman–Crippen MR) is 89.1 cm³/mol. The smallest absolute Gasteiger partial charge is 0.225 e. The van der Waals surface area contributed by atoms with Gasteiger partial charge in [0.1, 0.15) is 0 Å². The van der Waals surface area contributed by atoms with Crippen LogP contribution in [-0.4, -0.2) is 39.2 Å². The molecule has 128 valence electrons. The normalized spacial score (nSPS) is 15.1. The quantitative estimate of drug-likeness (QED) is 0.807. The molecule has 0 atom stereocenters. The number of amides is 1. The highest BCUT2D eigenvalue weighted by atomic mass is 16.5. The molecule has 0 aromatic heterocycles. The van der Waals surface area contributed by atoms with E-state index in [2.05, 4.69) is 0 Å². The molecule has 23 heavy (non-hydrogen) atoms. The van der Waals surface area contributed by atoms with Crippen molar-refractivity contribution in [3.8, 4) is 17.2 Å². The summed E-state index contributed by atoms with van der Waals surface area (Å²) in [5, 5.41) is 0. The van der Waals surface area contributed by atoms with Gasteiger partial charge in [0, 0.05) is 19.5 Å². The molecule has 1 fully saturated rings. The Morgan fingerprint density at radius 3 is 2.09 bits per heavy atom. The van der Waals surface area contributed by atoms with Crippen molar-refractivity contribution >= 4 is 5.91 Å². The van der Waals surface area contributed by atoms with E-state index in [1.165, 1.54) is 6.42 Å². The van der Waals surface area contributed by atoms with Crippen LogP contribution in [-0.2, 0) is 11.3 Å². The van der Waals surface area contributed by atoms with Crippen molar-refractivity contribution in [2.75, 3.05) is 28.4 Å². The van der Waals surface area contributed by atoms with Crippen LogP contribution in [0, 0.1) is 5.92 Å². The van der Waals surface area contributed by atoms with Crippen LogP contribution < -0.4 is 14.2 Å². The maximum Gasteiger partial charge on any atom is 0.225 e. The second kappa shape index (κ2) is 8.09. The number of methoxy groups -OCH3 is 3. The number of carbonyl (C=O) groups excluding carboxylic acids is 1. The second-order valence-corrected chi connectivity index (χ2v) is 6.06. The van der Waals surface area contributed by atoms with E-state index in [-0.39, 0.29) is 11.8 Å². The third-order valence-corrected chi connectivity index (χ3v) is 4.47. The Labute approximate surface area is 138 Å². The molecule has 1 aliphatic rings. The van der Waals surface area contributed by atoms with E-state index < -0.39 is 0 Å². The van der Waals surface area contributed by atoms with Crippen LogP contribution in [0.15, 0.2) is 12.1 Å². The molecule has 0 spiro atoms. The van der Waals surface area contributed by atoms with Gasteiger partial charge in [0.2, 0.25) is 11.7 Å². The van der Waals surface area contributed by atoms with Crippen LogP contribution in [0.25, 0.3) is 0 Å².